The Morgan fingerprint density at radius 1 is 1.03 bits per heavy atom. The third kappa shape index (κ3) is 6.43. The van der Waals surface area contributed by atoms with Crippen molar-refractivity contribution in [3.05, 3.63) is 93.7 Å². The number of hydrogen-bond donors (Lipinski definition) is 1. The molecule has 0 saturated heterocycles. The molecule has 29 heavy (non-hydrogen) atoms. The quantitative estimate of drug-likeness (QED) is 0.443. The number of ether oxygens (including phenoxy) is 1. The van der Waals surface area contributed by atoms with Crippen LogP contribution in [0.4, 0.5) is 0 Å². The average Bonchev–Trinajstić information content (AvgIpc) is 3.26. The number of esters is 1. The van der Waals surface area contributed by atoms with Crippen LogP contribution >= 0.6 is 11.3 Å². The van der Waals surface area contributed by atoms with Crippen LogP contribution in [0, 0.1) is 6.92 Å². The maximum absolute atomic E-state index is 12.7. The van der Waals surface area contributed by atoms with Crippen LogP contribution in [0.5, 0.6) is 0 Å². The summed E-state index contributed by atoms with van der Waals surface area (Å²) in [6, 6.07) is 21.5. The molecule has 3 aromatic rings. The maximum atomic E-state index is 12.7. The highest BCUT2D eigenvalue weighted by atomic mass is 32.1. The van der Waals surface area contributed by atoms with E-state index in [-0.39, 0.29) is 12.5 Å². The zero-order valence-electron chi connectivity index (χ0n) is 16.3. The zero-order chi connectivity index (χ0) is 20.5. The molecule has 1 N–H and O–H groups in total. The molecule has 1 heterocycles. The highest BCUT2D eigenvalue weighted by Gasteiger charge is 2.16. The fraction of sp³-hybridized carbons (Fsp3) is 0.167. The van der Waals surface area contributed by atoms with Gasteiger partial charge in [-0.15, -0.1) is 11.3 Å². The topological polar surface area (TPSA) is 55.4 Å². The van der Waals surface area contributed by atoms with Crippen molar-refractivity contribution in [2.45, 2.75) is 13.3 Å². The van der Waals surface area contributed by atoms with Crippen LogP contribution in [-0.2, 0) is 20.7 Å². The van der Waals surface area contributed by atoms with Gasteiger partial charge < -0.3 is 10.1 Å². The van der Waals surface area contributed by atoms with E-state index in [0.29, 0.717) is 12.1 Å². The van der Waals surface area contributed by atoms with E-state index in [9.17, 15) is 9.59 Å². The second-order valence-electron chi connectivity index (χ2n) is 6.61. The van der Waals surface area contributed by atoms with Gasteiger partial charge in [0.1, 0.15) is 0 Å². The van der Waals surface area contributed by atoms with Crippen molar-refractivity contribution < 1.29 is 14.3 Å². The van der Waals surface area contributed by atoms with E-state index in [1.165, 1.54) is 11.3 Å². The van der Waals surface area contributed by atoms with Gasteiger partial charge in [0, 0.05) is 11.4 Å². The molecule has 0 atom stereocenters. The number of carbonyl (C=O) groups is 2. The summed E-state index contributed by atoms with van der Waals surface area (Å²) >= 11 is 1.46. The molecular weight excluding hydrogens is 382 g/mol. The largest absolute Gasteiger partial charge is 0.452 e. The summed E-state index contributed by atoms with van der Waals surface area (Å²) in [5, 5.41) is 4.69. The molecular formula is C24H23NO3S. The molecule has 0 aliphatic rings. The van der Waals surface area contributed by atoms with E-state index < -0.39 is 5.97 Å². The van der Waals surface area contributed by atoms with Crippen LogP contribution < -0.4 is 5.32 Å². The first-order valence-corrected chi connectivity index (χ1v) is 10.3. The molecule has 0 radical (unpaired) electrons. The lowest BCUT2D eigenvalue weighted by atomic mass is 10.1. The Kier molecular flexibility index (Phi) is 7.36. The fourth-order valence-electron chi connectivity index (χ4n) is 2.84. The predicted octanol–water partition coefficient (Wildman–Crippen LogP) is 4.50. The molecule has 0 fully saturated rings. The van der Waals surface area contributed by atoms with E-state index in [1.54, 1.807) is 6.08 Å². The molecule has 1 aromatic heterocycles. The second-order valence-corrected chi connectivity index (χ2v) is 7.56. The molecule has 0 unspecified atom stereocenters. The summed E-state index contributed by atoms with van der Waals surface area (Å²) in [7, 11) is 0. The lowest BCUT2D eigenvalue weighted by Gasteiger charge is -2.09. The number of hydrogen-bond acceptors (Lipinski definition) is 4. The third-order valence-electron chi connectivity index (χ3n) is 4.27. The van der Waals surface area contributed by atoms with Crippen molar-refractivity contribution in [1.82, 2.24) is 5.32 Å². The molecule has 0 saturated carbocycles. The van der Waals surface area contributed by atoms with Crippen LogP contribution in [0.25, 0.3) is 11.6 Å². The molecule has 0 spiro atoms. The van der Waals surface area contributed by atoms with Gasteiger partial charge in [0.2, 0.25) is 0 Å². The molecule has 0 aliphatic carbocycles. The average molecular weight is 406 g/mol. The van der Waals surface area contributed by atoms with Crippen molar-refractivity contribution in [2.24, 2.45) is 0 Å². The molecule has 2 aromatic carbocycles. The Hall–Kier alpha value is -3.18. The predicted molar refractivity (Wildman–Crippen MR) is 117 cm³/mol. The minimum Gasteiger partial charge on any atom is -0.452 e. The Morgan fingerprint density at radius 3 is 2.59 bits per heavy atom. The van der Waals surface area contributed by atoms with Crippen LogP contribution in [0.15, 0.2) is 72.1 Å². The SMILES string of the molecule is Cc1cccc(/C=C(/C(=O)OCC(=O)NCCc2ccccc2)c2cccs2)c1. The summed E-state index contributed by atoms with van der Waals surface area (Å²) in [5.74, 6) is -0.817. The Labute approximate surface area is 174 Å². The summed E-state index contributed by atoms with van der Waals surface area (Å²) < 4.78 is 5.28. The number of nitrogens with one attached hydrogen (secondary N) is 1. The maximum Gasteiger partial charge on any atom is 0.340 e. The van der Waals surface area contributed by atoms with Gasteiger partial charge in [-0.05, 0) is 42.0 Å². The first-order valence-electron chi connectivity index (χ1n) is 9.42. The first-order chi connectivity index (χ1) is 14.1. The van der Waals surface area contributed by atoms with Gasteiger partial charge in [0.25, 0.3) is 5.91 Å². The smallest absolute Gasteiger partial charge is 0.340 e. The second kappa shape index (κ2) is 10.4. The van der Waals surface area contributed by atoms with Gasteiger partial charge in [0.05, 0.1) is 5.57 Å². The number of amides is 1. The van der Waals surface area contributed by atoms with Gasteiger partial charge in [-0.25, -0.2) is 4.79 Å². The van der Waals surface area contributed by atoms with Crippen LogP contribution in [-0.4, -0.2) is 25.0 Å². The minimum atomic E-state index is -0.507. The molecule has 0 aliphatic heterocycles. The molecule has 4 nitrogen and oxygen atoms in total. The van der Waals surface area contributed by atoms with E-state index in [1.807, 2.05) is 79.0 Å². The Balaban J connectivity index is 1.58. The van der Waals surface area contributed by atoms with Crippen molar-refractivity contribution >= 4 is 34.9 Å². The standard InChI is InChI=1S/C24H23NO3S/c1-18-7-5-10-20(15-18)16-21(22-11-6-14-29-22)24(27)28-17-23(26)25-13-12-19-8-3-2-4-9-19/h2-11,14-16H,12-13,17H2,1H3,(H,25,26)/b21-16+. The Morgan fingerprint density at radius 2 is 1.86 bits per heavy atom. The number of benzene rings is 2. The highest BCUT2D eigenvalue weighted by Crippen LogP contribution is 2.24. The van der Waals surface area contributed by atoms with Crippen LogP contribution in [0.1, 0.15) is 21.6 Å². The van der Waals surface area contributed by atoms with Crippen molar-refractivity contribution in [1.29, 1.82) is 0 Å². The van der Waals surface area contributed by atoms with E-state index in [4.69, 9.17) is 4.74 Å². The number of rotatable bonds is 8. The summed E-state index contributed by atoms with van der Waals surface area (Å²) in [6.45, 7) is 2.20. The van der Waals surface area contributed by atoms with Gasteiger partial charge in [-0.1, -0.05) is 66.2 Å². The van der Waals surface area contributed by atoms with Gasteiger partial charge >= 0.3 is 5.97 Å². The number of aryl methyl sites for hydroxylation is 1. The van der Waals surface area contributed by atoms with Gasteiger partial charge in [-0.2, -0.15) is 0 Å². The zero-order valence-corrected chi connectivity index (χ0v) is 17.1. The highest BCUT2D eigenvalue weighted by molar-refractivity contribution is 7.11. The summed E-state index contributed by atoms with van der Waals surface area (Å²) in [6.07, 6.45) is 2.53. The van der Waals surface area contributed by atoms with Crippen molar-refractivity contribution in [3.63, 3.8) is 0 Å². The lowest BCUT2D eigenvalue weighted by molar-refractivity contribution is -0.142. The van der Waals surface area contributed by atoms with Crippen LogP contribution in [0.3, 0.4) is 0 Å². The normalized spacial score (nSPS) is 11.1. The first kappa shape index (κ1) is 20.6. The molecule has 1 amide bonds. The third-order valence-corrected chi connectivity index (χ3v) is 5.18. The Bertz CT molecular complexity index is 978. The van der Waals surface area contributed by atoms with E-state index in [2.05, 4.69) is 5.32 Å². The van der Waals surface area contributed by atoms with E-state index in [0.717, 1.165) is 28.0 Å². The van der Waals surface area contributed by atoms with E-state index >= 15 is 0 Å². The number of thiophene rings is 1. The van der Waals surface area contributed by atoms with Gasteiger partial charge in [0.15, 0.2) is 6.61 Å². The number of carbonyl (C=O) groups excluding carboxylic acids is 2. The molecule has 3 rings (SSSR count). The molecule has 148 valence electrons. The summed E-state index contributed by atoms with van der Waals surface area (Å²) in [4.78, 5) is 25.5. The fourth-order valence-corrected chi connectivity index (χ4v) is 3.57. The molecule has 0 bridgehead atoms. The van der Waals surface area contributed by atoms with Crippen molar-refractivity contribution in [3.8, 4) is 0 Å². The lowest BCUT2D eigenvalue weighted by Crippen LogP contribution is -2.30. The van der Waals surface area contributed by atoms with Gasteiger partial charge in [-0.3, -0.25) is 4.79 Å². The molecule has 5 heteroatoms. The minimum absolute atomic E-state index is 0.301. The summed E-state index contributed by atoms with van der Waals surface area (Å²) in [5.41, 5.74) is 3.61. The van der Waals surface area contributed by atoms with Crippen LogP contribution in [0.2, 0.25) is 0 Å². The van der Waals surface area contributed by atoms with Crippen molar-refractivity contribution in [2.75, 3.05) is 13.2 Å². The monoisotopic (exact) mass is 405 g/mol.